The van der Waals surface area contributed by atoms with Crippen molar-refractivity contribution in [3.8, 4) is 0 Å². The van der Waals surface area contributed by atoms with E-state index < -0.39 is 73.4 Å². The van der Waals surface area contributed by atoms with Crippen LogP contribution < -0.4 is 0 Å². The number of esters is 1. The van der Waals surface area contributed by atoms with Crippen LogP contribution in [0.3, 0.4) is 0 Å². The Morgan fingerprint density at radius 3 is 2.48 bits per heavy atom. The van der Waals surface area contributed by atoms with Crippen molar-refractivity contribution in [1.29, 1.82) is 0 Å². The lowest BCUT2D eigenvalue weighted by Crippen LogP contribution is -2.60. The molecular formula is C18H26O11. The fourth-order valence-corrected chi connectivity index (χ4v) is 3.93. The van der Waals surface area contributed by atoms with Crippen LogP contribution in [-0.2, 0) is 23.7 Å². The molecule has 0 bridgehead atoms. The largest absolute Gasteiger partial charge is 0.471 e. The Bertz CT molecular complexity index is 662. The third-order valence-corrected chi connectivity index (χ3v) is 5.63. The van der Waals surface area contributed by atoms with Crippen molar-refractivity contribution < 1.29 is 54.4 Å². The van der Waals surface area contributed by atoms with Gasteiger partial charge in [0.1, 0.15) is 36.1 Å². The van der Waals surface area contributed by atoms with E-state index in [9.17, 15) is 35.4 Å². The summed E-state index contributed by atoms with van der Waals surface area (Å²) in [7, 11) is 1.21. The van der Waals surface area contributed by atoms with Crippen LogP contribution in [0.1, 0.15) is 0 Å². The van der Waals surface area contributed by atoms with Crippen molar-refractivity contribution in [2.75, 3.05) is 26.9 Å². The number of carbonyl (C=O) groups is 1. The van der Waals surface area contributed by atoms with Crippen LogP contribution >= 0.6 is 0 Å². The van der Waals surface area contributed by atoms with Gasteiger partial charge in [-0.1, -0.05) is 12.2 Å². The van der Waals surface area contributed by atoms with E-state index >= 15 is 0 Å². The molecule has 11 nitrogen and oxygen atoms in total. The summed E-state index contributed by atoms with van der Waals surface area (Å²) >= 11 is 0. The van der Waals surface area contributed by atoms with E-state index in [-0.39, 0.29) is 12.2 Å². The average molecular weight is 418 g/mol. The molecule has 164 valence electrons. The van der Waals surface area contributed by atoms with Gasteiger partial charge in [-0.15, -0.1) is 0 Å². The minimum atomic E-state index is -1.72. The maximum Gasteiger partial charge on any atom is 0.337 e. The second kappa shape index (κ2) is 8.66. The highest BCUT2D eigenvalue weighted by atomic mass is 16.7. The summed E-state index contributed by atoms with van der Waals surface area (Å²) in [5.74, 6) is -2.19. The topological polar surface area (TPSA) is 175 Å². The molecule has 0 amide bonds. The molecule has 11 heteroatoms. The molecule has 0 aromatic heterocycles. The second-order valence-electron chi connectivity index (χ2n) is 7.33. The van der Waals surface area contributed by atoms with Crippen LogP contribution in [0.15, 0.2) is 24.0 Å². The van der Waals surface area contributed by atoms with Gasteiger partial charge < -0.3 is 49.6 Å². The normalized spacial score (nSPS) is 44.0. The van der Waals surface area contributed by atoms with Gasteiger partial charge in [0.15, 0.2) is 0 Å². The fourth-order valence-electron chi connectivity index (χ4n) is 3.93. The van der Waals surface area contributed by atoms with E-state index in [0.29, 0.717) is 0 Å². The maximum absolute atomic E-state index is 12.0. The Hall–Kier alpha value is -1.57. The van der Waals surface area contributed by atoms with E-state index in [1.54, 1.807) is 6.08 Å². The number of fused-ring (bicyclic) bond motifs is 1. The molecule has 0 aromatic carbocycles. The van der Waals surface area contributed by atoms with Crippen LogP contribution in [0.2, 0.25) is 0 Å². The van der Waals surface area contributed by atoms with Crippen LogP contribution in [-0.4, -0.2) is 106 Å². The van der Waals surface area contributed by atoms with Gasteiger partial charge in [0.05, 0.1) is 44.7 Å². The quantitative estimate of drug-likeness (QED) is 0.189. The molecule has 0 saturated carbocycles. The van der Waals surface area contributed by atoms with Crippen LogP contribution in [0.4, 0.5) is 0 Å². The summed E-state index contributed by atoms with van der Waals surface area (Å²) < 4.78 is 21.2. The van der Waals surface area contributed by atoms with Gasteiger partial charge in [-0.25, -0.2) is 4.79 Å². The van der Waals surface area contributed by atoms with E-state index in [1.807, 2.05) is 0 Å². The molecule has 1 fully saturated rings. The number of hydrogen-bond acceptors (Lipinski definition) is 11. The Labute approximate surface area is 166 Å². The van der Waals surface area contributed by atoms with Crippen LogP contribution in [0.5, 0.6) is 0 Å². The van der Waals surface area contributed by atoms with Gasteiger partial charge in [-0.05, 0) is 0 Å². The summed E-state index contributed by atoms with van der Waals surface area (Å²) in [6.45, 7) is -1.55. The summed E-state index contributed by atoms with van der Waals surface area (Å²) in [5, 5.41) is 59.5. The zero-order chi connectivity index (χ0) is 21.3. The molecule has 6 N–H and O–H groups in total. The molecule has 29 heavy (non-hydrogen) atoms. The Morgan fingerprint density at radius 1 is 1.17 bits per heavy atom. The number of ether oxygens (including phenoxy) is 4. The highest BCUT2D eigenvalue weighted by Crippen LogP contribution is 2.45. The predicted molar refractivity (Wildman–Crippen MR) is 92.8 cm³/mol. The maximum atomic E-state index is 12.0. The number of methoxy groups -OCH3 is 1. The Morgan fingerprint density at radius 2 is 1.86 bits per heavy atom. The lowest BCUT2D eigenvalue weighted by molar-refractivity contribution is -0.262. The number of hydrogen-bond donors (Lipinski definition) is 6. The van der Waals surface area contributed by atoms with Gasteiger partial charge in [0.25, 0.3) is 0 Å². The van der Waals surface area contributed by atoms with Crippen molar-refractivity contribution >= 4 is 5.97 Å². The van der Waals surface area contributed by atoms with Gasteiger partial charge in [0.2, 0.25) is 6.29 Å². The number of aliphatic hydroxyl groups is 6. The SMILES string of the molecule is COC(=O)C1=CO[C@@H](OC[C@@H]2O[C@H](CO)[C@@H](O)[C@H](O)[C@H]2O)C2C1C=C[C@@]2(O)CO. The van der Waals surface area contributed by atoms with Crippen molar-refractivity contribution in [2.45, 2.75) is 42.4 Å². The standard InChI is InChI=1S/C18H26O11/c1-26-16(24)9-5-27-17(12-8(9)2-3-18(12,25)7-20)28-6-11-14(22)15(23)13(21)10(4-19)29-11/h2-3,5,8,10-15,17,19-23,25H,4,6-7H2,1H3/t8?,10-,11+,12?,13-,14+,15+,17+,18-/m1/s1. The minimum Gasteiger partial charge on any atom is -0.471 e. The molecule has 3 aliphatic rings. The molecule has 9 atom stereocenters. The number of rotatable bonds is 6. The molecule has 1 aliphatic carbocycles. The molecule has 2 heterocycles. The highest BCUT2D eigenvalue weighted by Gasteiger charge is 2.54. The first-order chi connectivity index (χ1) is 13.8. The first-order valence-electron chi connectivity index (χ1n) is 9.16. The average Bonchev–Trinajstić information content (AvgIpc) is 3.09. The highest BCUT2D eigenvalue weighted by molar-refractivity contribution is 5.89. The zero-order valence-electron chi connectivity index (χ0n) is 15.7. The molecular weight excluding hydrogens is 392 g/mol. The smallest absolute Gasteiger partial charge is 0.337 e. The molecule has 0 radical (unpaired) electrons. The summed E-state index contributed by atoms with van der Waals surface area (Å²) in [6, 6.07) is 0. The number of allylic oxidation sites excluding steroid dienone is 1. The monoisotopic (exact) mass is 418 g/mol. The van der Waals surface area contributed by atoms with E-state index in [4.69, 9.17) is 18.9 Å². The Balaban J connectivity index is 1.75. The summed E-state index contributed by atoms with van der Waals surface area (Å²) in [4.78, 5) is 12.0. The number of carbonyl (C=O) groups excluding carboxylic acids is 1. The molecule has 1 saturated heterocycles. The van der Waals surface area contributed by atoms with E-state index in [2.05, 4.69) is 0 Å². The molecule has 0 spiro atoms. The van der Waals surface area contributed by atoms with Crippen molar-refractivity contribution in [3.63, 3.8) is 0 Å². The molecule has 3 rings (SSSR count). The van der Waals surface area contributed by atoms with Gasteiger partial charge >= 0.3 is 5.97 Å². The molecule has 2 unspecified atom stereocenters. The lowest BCUT2D eigenvalue weighted by atomic mass is 9.79. The van der Waals surface area contributed by atoms with Crippen molar-refractivity contribution in [3.05, 3.63) is 24.0 Å². The van der Waals surface area contributed by atoms with Crippen LogP contribution in [0.25, 0.3) is 0 Å². The summed E-state index contributed by atoms with van der Waals surface area (Å²) in [5.41, 5.74) is -1.58. The zero-order valence-corrected chi connectivity index (χ0v) is 15.7. The van der Waals surface area contributed by atoms with Gasteiger partial charge in [0, 0.05) is 5.92 Å². The van der Waals surface area contributed by atoms with Crippen LogP contribution in [0, 0.1) is 11.8 Å². The predicted octanol–water partition coefficient (Wildman–Crippen LogP) is -3.22. The van der Waals surface area contributed by atoms with Crippen molar-refractivity contribution in [2.24, 2.45) is 11.8 Å². The van der Waals surface area contributed by atoms with E-state index in [0.717, 1.165) is 6.26 Å². The first kappa shape index (κ1) is 22.1. The Kier molecular flexibility index (Phi) is 6.61. The minimum absolute atomic E-state index is 0.144. The third-order valence-electron chi connectivity index (χ3n) is 5.63. The second-order valence-corrected chi connectivity index (χ2v) is 7.33. The van der Waals surface area contributed by atoms with Gasteiger partial charge in [-0.2, -0.15) is 0 Å². The summed E-state index contributed by atoms with van der Waals surface area (Å²) in [6.07, 6.45) is -3.80. The lowest BCUT2D eigenvalue weighted by Gasteiger charge is -2.42. The third kappa shape index (κ3) is 3.92. The van der Waals surface area contributed by atoms with Crippen molar-refractivity contribution in [1.82, 2.24) is 0 Å². The van der Waals surface area contributed by atoms with Gasteiger partial charge in [-0.3, -0.25) is 0 Å². The molecule has 2 aliphatic heterocycles. The fraction of sp³-hybridized carbons (Fsp3) is 0.722. The van der Waals surface area contributed by atoms with E-state index in [1.165, 1.54) is 13.2 Å². The number of aliphatic hydroxyl groups excluding tert-OH is 5. The molecule has 0 aromatic rings. The first-order valence-corrected chi connectivity index (χ1v) is 9.16.